The van der Waals surface area contributed by atoms with E-state index in [-0.39, 0.29) is 18.4 Å². The molecule has 1 aliphatic heterocycles. The number of likely N-dealkylation sites (tertiary alicyclic amines) is 1. The van der Waals surface area contributed by atoms with Crippen LogP contribution in [0.4, 0.5) is 10.5 Å². The zero-order chi connectivity index (χ0) is 14.5. The molecule has 2 N–H and O–H groups in total. The van der Waals surface area contributed by atoms with Gasteiger partial charge in [0.1, 0.15) is 0 Å². The van der Waals surface area contributed by atoms with Gasteiger partial charge in [0.05, 0.1) is 11.9 Å². The van der Waals surface area contributed by atoms with Crippen LogP contribution < -0.4 is 5.32 Å². The summed E-state index contributed by atoms with van der Waals surface area (Å²) in [5.74, 6) is -0.494. The minimum atomic E-state index is -0.779. The molecule has 0 aromatic carbocycles. The third kappa shape index (κ3) is 3.94. The summed E-state index contributed by atoms with van der Waals surface area (Å²) in [6, 6.07) is 1.72. The predicted molar refractivity (Wildman–Crippen MR) is 74.5 cm³/mol. The molecular formula is C14H19N3O3. The number of aryl methyl sites for hydroxylation is 1. The Labute approximate surface area is 117 Å². The van der Waals surface area contributed by atoms with Crippen LogP contribution in [-0.2, 0) is 4.79 Å². The van der Waals surface area contributed by atoms with Crippen molar-refractivity contribution >= 4 is 17.7 Å². The monoisotopic (exact) mass is 277 g/mol. The number of nitrogens with zero attached hydrogens (tertiary/aromatic N) is 2. The number of nitrogens with one attached hydrogen (secondary N) is 1. The number of amides is 2. The first-order valence-electron chi connectivity index (χ1n) is 6.74. The third-order valence-electron chi connectivity index (χ3n) is 3.47. The first-order valence-corrected chi connectivity index (χ1v) is 6.74. The third-order valence-corrected chi connectivity index (χ3v) is 3.47. The number of anilines is 1. The second-order valence-electron chi connectivity index (χ2n) is 5.21. The van der Waals surface area contributed by atoms with Gasteiger partial charge >= 0.3 is 12.0 Å². The molecule has 1 aromatic rings. The highest BCUT2D eigenvalue weighted by molar-refractivity contribution is 5.89. The van der Waals surface area contributed by atoms with Gasteiger partial charge in [-0.15, -0.1) is 0 Å². The fraction of sp³-hybridized carbons (Fsp3) is 0.500. The van der Waals surface area contributed by atoms with Crippen LogP contribution in [0.15, 0.2) is 18.5 Å². The van der Waals surface area contributed by atoms with Gasteiger partial charge < -0.3 is 15.3 Å². The Morgan fingerprint density at radius 1 is 1.50 bits per heavy atom. The highest BCUT2D eigenvalue weighted by Gasteiger charge is 2.26. The lowest BCUT2D eigenvalue weighted by Crippen LogP contribution is -2.33. The zero-order valence-corrected chi connectivity index (χ0v) is 11.5. The van der Waals surface area contributed by atoms with E-state index < -0.39 is 5.97 Å². The molecule has 2 amide bonds. The average molecular weight is 277 g/mol. The molecule has 1 atom stereocenters. The highest BCUT2D eigenvalue weighted by Crippen LogP contribution is 2.21. The van der Waals surface area contributed by atoms with Crippen LogP contribution in [-0.4, -0.2) is 40.1 Å². The predicted octanol–water partition coefficient (Wildman–Crippen LogP) is 2.11. The summed E-state index contributed by atoms with van der Waals surface area (Å²) in [4.78, 5) is 28.4. The van der Waals surface area contributed by atoms with Gasteiger partial charge in [-0.1, -0.05) is 0 Å². The fourth-order valence-electron chi connectivity index (χ4n) is 2.41. The summed E-state index contributed by atoms with van der Waals surface area (Å²) in [7, 11) is 0. The van der Waals surface area contributed by atoms with E-state index in [2.05, 4.69) is 10.3 Å². The maximum atomic E-state index is 12.1. The molecule has 1 aromatic heterocycles. The van der Waals surface area contributed by atoms with E-state index in [4.69, 9.17) is 5.11 Å². The Hall–Kier alpha value is -2.11. The van der Waals surface area contributed by atoms with E-state index >= 15 is 0 Å². The molecule has 0 bridgehead atoms. The summed E-state index contributed by atoms with van der Waals surface area (Å²) in [5.41, 5.74) is 1.67. The number of hydrogen-bond donors (Lipinski definition) is 2. The van der Waals surface area contributed by atoms with Gasteiger partial charge in [0.15, 0.2) is 0 Å². The molecule has 6 nitrogen and oxygen atoms in total. The standard InChI is InChI=1S/C14H19N3O3/c1-10-6-12(8-15-7-10)16-14(20)17-5-4-11(9-17)2-3-13(18)19/h6-8,11H,2-5,9H2,1H3,(H,16,20)(H,18,19). The van der Waals surface area contributed by atoms with Crippen LogP contribution in [0, 0.1) is 12.8 Å². The van der Waals surface area contributed by atoms with Crippen LogP contribution in [0.25, 0.3) is 0 Å². The minimum absolute atomic E-state index is 0.143. The molecule has 1 unspecified atom stereocenters. The first kappa shape index (κ1) is 14.3. The quantitative estimate of drug-likeness (QED) is 0.883. The maximum Gasteiger partial charge on any atom is 0.321 e. The largest absolute Gasteiger partial charge is 0.481 e. The molecule has 6 heteroatoms. The van der Waals surface area contributed by atoms with E-state index in [0.717, 1.165) is 12.0 Å². The summed E-state index contributed by atoms with van der Waals surface area (Å²) >= 11 is 0. The number of carboxylic acid groups (broad SMARTS) is 1. The molecular weight excluding hydrogens is 258 g/mol. The van der Waals surface area contributed by atoms with Crippen molar-refractivity contribution in [2.75, 3.05) is 18.4 Å². The number of aliphatic carboxylic acids is 1. The van der Waals surface area contributed by atoms with Crippen LogP contribution in [0.2, 0.25) is 0 Å². The number of aromatic nitrogens is 1. The number of pyridine rings is 1. The molecule has 0 spiro atoms. The Morgan fingerprint density at radius 2 is 2.30 bits per heavy atom. The molecule has 0 saturated carbocycles. The SMILES string of the molecule is Cc1cncc(NC(=O)N2CCC(CCC(=O)O)C2)c1. The lowest BCUT2D eigenvalue weighted by atomic mass is 10.0. The van der Waals surface area contributed by atoms with Crippen LogP contribution in [0.3, 0.4) is 0 Å². The van der Waals surface area contributed by atoms with Crippen LogP contribution in [0.5, 0.6) is 0 Å². The van der Waals surface area contributed by atoms with Crippen LogP contribution in [0.1, 0.15) is 24.8 Å². The van der Waals surface area contributed by atoms with Crippen LogP contribution >= 0.6 is 0 Å². The highest BCUT2D eigenvalue weighted by atomic mass is 16.4. The Balaban J connectivity index is 1.83. The average Bonchev–Trinajstić information content (AvgIpc) is 2.85. The summed E-state index contributed by atoms with van der Waals surface area (Å²) in [6.07, 6.45) is 5.01. The molecule has 2 heterocycles. The molecule has 20 heavy (non-hydrogen) atoms. The molecule has 0 aliphatic carbocycles. The number of hydrogen-bond acceptors (Lipinski definition) is 3. The summed E-state index contributed by atoms with van der Waals surface area (Å²) < 4.78 is 0. The lowest BCUT2D eigenvalue weighted by molar-refractivity contribution is -0.137. The Morgan fingerprint density at radius 3 is 3.00 bits per heavy atom. The summed E-state index contributed by atoms with van der Waals surface area (Å²) in [5, 5.41) is 11.5. The van der Waals surface area contributed by atoms with Gasteiger partial charge in [-0.25, -0.2) is 4.79 Å². The second kappa shape index (κ2) is 6.36. The van der Waals surface area contributed by atoms with E-state index in [1.54, 1.807) is 17.3 Å². The second-order valence-corrected chi connectivity index (χ2v) is 5.21. The fourth-order valence-corrected chi connectivity index (χ4v) is 2.41. The van der Waals surface area contributed by atoms with E-state index in [1.165, 1.54) is 0 Å². The number of carboxylic acids is 1. The minimum Gasteiger partial charge on any atom is -0.481 e. The normalized spacial score (nSPS) is 18.1. The van der Waals surface area contributed by atoms with Gasteiger partial charge in [0.2, 0.25) is 0 Å². The van der Waals surface area contributed by atoms with Crippen molar-refractivity contribution < 1.29 is 14.7 Å². The number of carbonyl (C=O) groups is 2. The van der Waals surface area contributed by atoms with Gasteiger partial charge in [-0.3, -0.25) is 9.78 Å². The molecule has 1 saturated heterocycles. The molecule has 0 radical (unpaired) electrons. The van der Waals surface area contributed by atoms with Crippen molar-refractivity contribution in [2.24, 2.45) is 5.92 Å². The van der Waals surface area contributed by atoms with Crippen molar-refractivity contribution in [1.82, 2.24) is 9.88 Å². The van der Waals surface area contributed by atoms with Crippen molar-refractivity contribution in [2.45, 2.75) is 26.2 Å². The Kier molecular flexibility index (Phi) is 4.55. The van der Waals surface area contributed by atoms with E-state index in [0.29, 0.717) is 25.2 Å². The maximum absolute atomic E-state index is 12.1. The van der Waals surface area contributed by atoms with Gasteiger partial charge in [-0.05, 0) is 37.3 Å². The molecule has 108 valence electrons. The Bertz CT molecular complexity index is 504. The molecule has 1 fully saturated rings. The topological polar surface area (TPSA) is 82.5 Å². The number of carbonyl (C=O) groups excluding carboxylic acids is 1. The summed E-state index contributed by atoms with van der Waals surface area (Å²) in [6.45, 7) is 3.22. The van der Waals surface area contributed by atoms with Crippen molar-refractivity contribution in [3.05, 3.63) is 24.0 Å². The number of urea groups is 1. The molecule has 2 rings (SSSR count). The van der Waals surface area contributed by atoms with Gasteiger partial charge in [0, 0.05) is 25.7 Å². The van der Waals surface area contributed by atoms with E-state index in [9.17, 15) is 9.59 Å². The van der Waals surface area contributed by atoms with Crippen molar-refractivity contribution in [1.29, 1.82) is 0 Å². The number of rotatable bonds is 4. The molecule has 1 aliphatic rings. The van der Waals surface area contributed by atoms with Crippen molar-refractivity contribution in [3.8, 4) is 0 Å². The van der Waals surface area contributed by atoms with E-state index in [1.807, 2.05) is 13.0 Å². The van der Waals surface area contributed by atoms with Gasteiger partial charge in [0.25, 0.3) is 0 Å². The van der Waals surface area contributed by atoms with Crippen molar-refractivity contribution in [3.63, 3.8) is 0 Å². The van der Waals surface area contributed by atoms with Gasteiger partial charge in [-0.2, -0.15) is 0 Å². The smallest absolute Gasteiger partial charge is 0.321 e. The first-order chi connectivity index (χ1) is 9.54. The lowest BCUT2D eigenvalue weighted by Gasteiger charge is -2.17. The zero-order valence-electron chi connectivity index (χ0n) is 11.5.